The highest BCUT2D eigenvalue weighted by atomic mass is 35.5. The summed E-state index contributed by atoms with van der Waals surface area (Å²) in [6.45, 7) is 2.95. The van der Waals surface area contributed by atoms with Crippen molar-refractivity contribution in [3.8, 4) is 0 Å². The van der Waals surface area contributed by atoms with Crippen LogP contribution in [0.4, 0.5) is 0 Å². The van der Waals surface area contributed by atoms with Crippen molar-refractivity contribution < 1.29 is 4.79 Å². The minimum absolute atomic E-state index is 0.200. The van der Waals surface area contributed by atoms with Crippen LogP contribution in [0.15, 0.2) is 0 Å². The maximum absolute atomic E-state index is 11.5. The molecule has 0 aliphatic carbocycles. The molecule has 0 spiro atoms. The van der Waals surface area contributed by atoms with Crippen molar-refractivity contribution in [1.29, 1.82) is 0 Å². The van der Waals surface area contributed by atoms with Crippen LogP contribution in [-0.2, 0) is 4.79 Å². The van der Waals surface area contributed by atoms with E-state index >= 15 is 0 Å². The summed E-state index contributed by atoms with van der Waals surface area (Å²) in [6, 6.07) is 0.444. The standard InChI is InChI=1S/C8H14Cl2N2O/c1-8(9,10)7(13)12-4-6(5-12)11(2)3/h6H,4-5H2,1-3H3. The SMILES string of the molecule is CN(C)C1CN(C(=O)C(C)(Cl)Cl)C1. The van der Waals surface area contributed by atoms with Crippen molar-refractivity contribution in [3.05, 3.63) is 0 Å². The number of carbonyl (C=O) groups excluding carboxylic acids is 1. The topological polar surface area (TPSA) is 23.6 Å². The number of halogens is 2. The summed E-state index contributed by atoms with van der Waals surface area (Å²) in [5.74, 6) is -0.200. The van der Waals surface area contributed by atoms with Crippen LogP contribution in [0, 0.1) is 0 Å². The van der Waals surface area contributed by atoms with Crippen molar-refractivity contribution in [2.45, 2.75) is 17.3 Å². The molecule has 1 fully saturated rings. The number of hydrogen-bond donors (Lipinski definition) is 0. The molecule has 1 aliphatic rings. The number of likely N-dealkylation sites (N-methyl/N-ethyl adjacent to an activating group) is 1. The number of hydrogen-bond acceptors (Lipinski definition) is 2. The van der Waals surface area contributed by atoms with E-state index in [1.807, 2.05) is 14.1 Å². The Kier molecular flexibility index (Phi) is 3.10. The smallest absolute Gasteiger partial charge is 0.258 e. The predicted molar refractivity (Wildman–Crippen MR) is 54.2 cm³/mol. The van der Waals surface area contributed by atoms with Crippen molar-refractivity contribution in [2.75, 3.05) is 27.2 Å². The van der Waals surface area contributed by atoms with E-state index in [2.05, 4.69) is 4.90 Å². The fourth-order valence-corrected chi connectivity index (χ4v) is 1.46. The summed E-state index contributed by atoms with van der Waals surface area (Å²) in [7, 11) is 3.99. The first-order valence-corrected chi connectivity index (χ1v) is 4.91. The molecule has 1 rings (SSSR count). The molecule has 0 atom stereocenters. The van der Waals surface area contributed by atoms with Crippen LogP contribution in [0.3, 0.4) is 0 Å². The first-order valence-electron chi connectivity index (χ1n) is 4.16. The van der Waals surface area contributed by atoms with E-state index in [9.17, 15) is 4.79 Å². The maximum atomic E-state index is 11.5. The minimum atomic E-state index is -1.28. The summed E-state index contributed by atoms with van der Waals surface area (Å²) in [5, 5.41) is 0. The average molecular weight is 225 g/mol. The number of likely N-dealkylation sites (tertiary alicyclic amines) is 1. The molecular formula is C8H14Cl2N2O. The molecule has 1 saturated heterocycles. The Bertz CT molecular complexity index is 207. The molecule has 0 aromatic carbocycles. The lowest BCUT2D eigenvalue weighted by molar-refractivity contribution is -0.138. The van der Waals surface area contributed by atoms with Crippen LogP contribution < -0.4 is 0 Å². The van der Waals surface area contributed by atoms with E-state index in [4.69, 9.17) is 23.2 Å². The van der Waals surface area contributed by atoms with Gasteiger partial charge in [0, 0.05) is 19.1 Å². The zero-order valence-corrected chi connectivity index (χ0v) is 9.56. The summed E-state index contributed by atoms with van der Waals surface area (Å²) in [4.78, 5) is 15.2. The van der Waals surface area contributed by atoms with Gasteiger partial charge in [-0.3, -0.25) is 4.79 Å². The molecule has 0 saturated carbocycles. The van der Waals surface area contributed by atoms with E-state index in [0.717, 1.165) is 13.1 Å². The number of alkyl halides is 2. The Morgan fingerprint density at radius 3 is 2.23 bits per heavy atom. The van der Waals surface area contributed by atoms with Gasteiger partial charge in [-0.05, 0) is 21.0 Å². The summed E-state index contributed by atoms with van der Waals surface area (Å²) >= 11 is 11.4. The highest BCUT2D eigenvalue weighted by Gasteiger charge is 2.39. The van der Waals surface area contributed by atoms with Crippen LogP contribution >= 0.6 is 23.2 Å². The summed E-state index contributed by atoms with van der Waals surface area (Å²) in [6.07, 6.45) is 0. The minimum Gasteiger partial charge on any atom is -0.337 e. The van der Waals surface area contributed by atoms with Gasteiger partial charge in [-0.15, -0.1) is 0 Å². The van der Waals surface area contributed by atoms with Crippen molar-refractivity contribution in [3.63, 3.8) is 0 Å². The fraction of sp³-hybridized carbons (Fsp3) is 0.875. The molecule has 0 aromatic rings. The lowest BCUT2D eigenvalue weighted by atomic mass is 10.1. The van der Waals surface area contributed by atoms with Crippen LogP contribution in [0.5, 0.6) is 0 Å². The zero-order chi connectivity index (χ0) is 10.2. The summed E-state index contributed by atoms with van der Waals surface area (Å²) in [5.41, 5.74) is 0. The van der Waals surface area contributed by atoms with E-state index in [0.29, 0.717) is 6.04 Å². The highest BCUT2D eigenvalue weighted by Crippen LogP contribution is 2.26. The summed E-state index contributed by atoms with van der Waals surface area (Å²) < 4.78 is -1.28. The van der Waals surface area contributed by atoms with E-state index < -0.39 is 4.33 Å². The molecule has 0 radical (unpaired) electrons. The van der Waals surface area contributed by atoms with Crippen LogP contribution in [0.1, 0.15) is 6.92 Å². The second kappa shape index (κ2) is 3.64. The van der Waals surface area contributed by atoms with Gasteiger partial charge in [-0.2, -0.15) is 0 Å². The van der Waals surface area contributed by atoms with Gasteiger partial charge in [0.25, 0.3) is 5.91 Å². The quantitative estimate of drug-likeness (QED) is 0.653. The lowest BCUT2D eigenvalue weighted by Gasteiger charge is -2.44. The third-order valence-corrected chi connectivity index (χ3v) is 2.58. The number of amides is 1. The Hall–Kier alpha value is 0.01000. The molecular weight excluding hydrogens is 211 g/mol. The average Bonchev–Trinajstić information content (AvgIpc) is 1.80. The second-order valence-electron chi connectivity index (χ2n) is 3.72. The molecule has 3 nitrogen and oxygen atoms in total. The number of rotatable bonds is 2. The van der Waals surface area contributed by atoms with E-state index in [-0.39, 0.29) is 5.91 Å². The van der Waals surface area contributed by atoms with Crippen molar-refractivity contribution in [2.24, 2.45) is 0 Å². The van der Waals surface area contributed by atoms with Crippen LogP contribution in [0.25, 0.3) is 0 Å². The van der Waals surface area contributed by atoms with E-state index in [1.54, 1.807) is 4.90 Å². The maximum Gasteiger partial charge on any atom is 0.258 e. The number of carbonyl (C=O) groups is 1. The molecule has 0 bridgehead atoms. The molecule has 0 N–H and O–H groups in total. The zero-order valence-electron chi connectivity index (χ0n) is 8.05. The third kappa shape index (κ3) is 2.48. The van der Waals surface area contributed by atoms with Gasteiger partial charge in [0.05, 0.1) is 0 Å². The Morgan fingerprint density at radius 1 is 1.46 bits per heavy atom. The van der Waals surface area contributed by atoms with Crippen LogP contribution in [0.2, 0.25) is 0 Å². The predicted octanol–water partition coefficient (Wildman–Crippen LogP) is 0.953. The van der Waals surface area contributed by atoms with Gasteiger partial charge in [0.2, 0.25) is 0 Å². The third-order valence-electron chi connectivity index (χ3n) is 2.26. The van der Waals surface area contributed by atoms with Crippen molar-refractivity contribution >= 4 is 29.1 Å². The molecule has 1 heterocycles. The van der Waals surface area contributed by atoms with Crippen LogP contribution in [-0.4, -0.2) is 53.3 Å². The largest absolute Gasteiger partial charge is 0.337 e. The fourth-order valence-electron chi connectivity index (χ4n) is 1.23. The molecule has 13 heavy (non-hydrogen) atoms. The number of nitrogens with zero attached hydrogens (tertiary/aromatic N) is 2. The highest BCUT2D eigenvalue weighted by molar-refractivity contribution is 6.57. The van der Waals surface area contributed by atoms with Gasteiger partial charge >= 0.3 is 0 Å². The monoisotopic (exact) mass is 224 g/mol. The van der Waals surface area contributed by atoms with Gasteiger partial charge in [0.15, 0.2) is 4.33 Å². The molecule has 5 heteroatoms. The van der Waals surface area contributed by atoms with Gasteiger partial charge in [-0.1, -0.05) is 23.2 Å². The molecule has 1 aliphatic heterocycles. The first kappa shape index (κ1) is 11.1. The Labute approximate surface area is 88.6 Å². The molecule has 76 valence electrons. The Morgan fingerprint density at radius 2 is 1.92 bits per heavy atom. The molecule has 0 aromatic heterocycles. The van der Waals surface area contributed by atoms with E-state index in [1.165, 1.54) is 6.92 Å². The molecule has 0 unspecified atom stereocenters. The van der Waals surface area contributed by atoms with Gasteiger partial charge in [0.1, 0.15) is 0 Å². The van der Waals surface area contributed by atoms with Crippen molar-refractivity contribution in [1.82, 2.24) is 9.80 Å². The lowest BCUT2D eigenvalue weighted by Crippen LogP contribution is -2.61. The van der Waals surface area contributed by atoms with Gasteiger partial charge < -0.3 is 9.80 Å². The Balaban J connectivity index is 2.40. The normalized spacial score (nSPS) is 19.1. The second-order valence-corrected chi connectivity index (χ2v) is 5.42. The first-order chi connectivity index (χ1) is 5.82. The van der Waals surface area contributed by atoms with Gasteiger partial charge in [-0.25, -0.2) is 0 Å². The molecule has 1 amide bonds.